The first-order valence-electron chi connectivity index (χ1n) is 20.2. The molecule has 0 spiro atoms. The van der Waals surface area contributed by atoms with Gasteiger partial charge in [0.1, 0.15) is 0 Å². The second-order valence-corrected chi connectivity index (χ2v) is 14.6. The Balaban J connectivity index is 0. The number of benzene rings is 3. The maximum atomic E-state index is 10.1. The fourth-order valence-electron chi connectivity index (χ4n) is 5.05. The summed E-state index contributed by atoms with van der Waals surface area (Å²) >= 11 is 6.78. The lowest BCUT2D eigenvalue weighted by atomic mass is 10.1. The number of carbonyl (C=O) groups is 2. The maximum absolute atomic E-state index is 10.1. The quantitative estimate of drug-likeness (QED) is 0.0582. The van der Waals surface area contributed by atoms with Crippen molar-refractivity contribution in [1.82, 2.24) is 0 Å². The Kier molecular flexibility index (Phi) is 45.4. The standard InChI is InChI=1S/C12H10.C10H20O2.C9H17BrO2.C9H19BrO.C6H6/c1-3-7-11(8-4-1)12-9-5-2-6-10-12;1-2-3-4-5-6-7-8-9-10(11)12;10-8-6-4-2-1-3-5-7-9(11)12;10-8-6-4-2-1-3-5-7-9-11;1-2-4-6-5-3-1/h1-10H;2-9H2,1H3,(H,11,12);1-8H2,(H,11,12);11H,1-9H2;1-6H. The fraction of sp³-hybridized carbons (Fsp3) is 0.565. The van der Waals surface area contributed by atoms with Gasteiger partial charge in [0.2, 0.25) is 0 Å². The second kappa shape index (κ2) is 45.7. The highest BCUT2D eigenvalue weighted by atomic mass is 79.9. The first-order chi connectivity index (χ1) is 25.9. The van der Waals surface area contributed by atoms with Crippen LogP contribution in [-0.2, 0) is 9.59 Å². The molecule has 0 radical (unpaired) electrons. The Morgan fingerprint density at radius 2 is 0.679 bits per heavy atom. The van der Waals surface area contributed by atoms with E-state index >= 15 is 0 Å². The molecule has 0 saturated carbocycles. The molecule has 0 aliphatic heterocycles. The summed E-state index contributed by atoms with van der Waals surface area (Å²) < 4.78 is 0. The fourth-order valence-corrected chi connectivity index (χ4v) is 5.84. The highest BCUT2D eigenvalue weighted by molar-refractivity contribution is 9.09. The van der Waals surface area contributed by atoms with Gasteiger partial charge in [-0.25, -0.2) is 0 Å². The minimum absolute atomic E-state index is 0.332. The first-order valence-corrected chi connectivity index (χ1v) is 22.4. The maximum Gasteiger partial charge on any atom is 0.303 e. The normalized spacial score (nSPS) is 9.81. The van der Waals surface area contributed by atoms with Crippen LogP contribution in [0.4, 0.5) is 0 Å². The number of aliphatic hydroxyl groups excluding tert-OH is 1. The number of hydrogen-bond acceptors (Lipinski definition) is 3. The summed E-state index contributed by atoms with van der Waals surface area (Å²) in [7, 11) is 0. The summed E-state index contributed by atoms with van der Waals surface area (Å²) in [6, 6.07) is 32.8. The number of alkyl halides is 2. The third kappa shape index (κ3) is 45.6. The van der Waals surface area contributed by atoms with E-state index in [1.165, 1.54) is 107 Å². The summed E-state index contributed by atoms with van der Waals surface area (Å²) in [5, 5.41) is 27.4. The van der Waals surface area contributed by atoms with Crippen molar-refractivity contribution in [2.45, 2.75) is 148 Å². The molecule has 0 atom stereocenters. The summed E-state index contributed by atoms with van der Waals surface area (Å²) in [5.74, 6) is -1.33. The Labute approximate surface area is 340 Å². The van der Waals surface area contributed by atoms with Crippen molar-refractivity contribution in [1.29, 1.82) is 0 Å². The predicted octanol–water partition coefficient (Wildman–Crippen LogP) is 14.6. The van der Waals surface area contributed by atoms with Gasteiger partial charge in [0.25, 0.3) is 0 Å². The van der Waals surface area contributed by atoms with Crippen LogP contribution in [0.25, 0.3) is 11.1 Å². The predicted molar refractivity (Wildman–Crippen MR) is 236 cm³/mol. The highest BCUT2D eigenvalue weighted by Crippen LogP contribution is 2.17. The minimum atomic E-state index is -0.671. The molecular weight excluding hydrogens is 792 g/mol. The molecule has 7 heteroatoms. The molecule has 5 nitrogen and oxygen atoms in total. The van der Waals surface area contributed by atoms with Crippen LogP contribution in [0, 0.1) is 0 Å². The van der Waals surface area contributed by atoms with Crippen LogP contribution >= 0.6 is 31.9 Å². The molecule has 0 aromatic heterocycles. The van der Waals surface area contributed by atoms with Crippen LogP contribution in [0.2, 0.25) is 0 Å². The third-order valence-corrected chi connectivity index (χ3v) is 9.23. The second-order valence-electron chi connectivity index (χ2n) is 13.0. The molecule has 0 unspecified atom stereocenters. The zero-order valence-corrected chi connectivity index (χ0v) is 36.0. The molecule has 3 N–H and O–H groups in total. The molecular formula is C46H72Br2O5. The first kappa shape index (κ1) is 52.6. The van der Waals surface area contributed by atoms with E-state index in [1.807, 2.05) is 48.5 Å². The number of carboxylic acids is 2. The van der Waals surface area contributed by atoms with Crippen molar-refractivity contribution in [2.24, 2.45) is 0 Å². The molecule has 0 amide bonds. The largest absolute Gasteiger partial charge is 0.481 e. The zero-order valence-electron chi connectivity index (χ0n) is 32.8. The Hall–Kier alpha value is -2.48. The number of aliphatic hydroxyl groups is 1. The Morgan fingerprint density at radius 1 is 0.415 bits per heavy atom. The van der Waals surface area contributed by atoms with Gasteiger partial charge >= 0.3 is 11.9 Å². The molecule has 0 bridgehead atoms. The van der Waals surface area contributed by atoms with Crippen LogP contribution < -0.4 is 0 Å². The monoisotopic (exact) mass is 862 g/mol. The topological polar surface area (TPSA) is 94.8 Å². The van der Waals surface area contributed by atoms with Crippen LogP contribution in [0.5, 0.6) is 0 Å². The molecule has 53 heavy (non-hydrogen) atoms. The number of hydrogen-bond donors (Lipinski definition) is 3. The van der Waals surface area contributed by atoms with Gasteiger partial charge in [-0.15, -0.1) is 0 Å². The van der Waals surface area contributed by atoms with Gasteiger partial charge in [-0.05, 0) is 43.2 Å². The van der Waals surface area contributed by atoms with E-state index in [1.54, 1.807) is 0 Å². The van der Waals surface area contributed by atoms with Gasteiger partial charge in [-0.1, -0.05) is 232 Å². The SMILES string of the molecule is CCCCCCCCCC(=O)O.O=C(O)CCCCCCCCBr.OCCCCCCCCCBr.c1ccc(-c2ccccc2)cc1.c1ccccc1. The molecule has 3 aromatic carbocycles. The Bertz CT molecular complexity index is 1020. The summed E-state index contributed by atoms with van der Waals surface area (Å²) in [4.78, 5) is 20.3. The highest BCUT2D eigenvalue weighted by Gasteiger charge is 1.97. The van der Waals surface area contributed by atoms with Crippen LogP contribution in [0.1, 0.15) is 148 Å². The molecule has 0 fully saturated rings. The van der Waals surface area contributed by atoms with Gasteiger partial charge in [0.05, 0.1) is 0 Å². The molecule has 0 aliphatic rings. The molecule has 0 heterocycles. The average molecular weight is 865 g/mol. The van der Waals surface area contributed by atoms with E-state index in [9.17, 15) is 9.59 Å². The van der Waals surface area contributed by atoms with E-state index in [2.05, 4.69) is 87.3 Å². The van der Waals surface area contributed by atoms with E-state index in [0.29, 0.717) is 19.4 Å². The smallest absolute Gasteiger partial charge is 0.303 e. The van der Waals surface area contributed by atoms with Gasteiger partial charge < -0.3 is 15.3 Å². The van der Waals surface area contributed by atoms with Crippen molar-refractivity contribution in [3.63, 3.8) is 0 Å². The lowest BCUT2D eigenvalue weighted by molar-refractivity contribution is -0.138. The van der Waals surface area contributed by atoms with Crippen LogP contribution in [0.3, 0.4) is 0 Å². The summed E-state index contributed by atoms with van der Waals surface area (Å²) in [6.45, 7) is 2.56. The third-order valence-electron chi connectivity index (χ3n) is 8.11. The van der Waals surface area contributed by atoms with Crippen LogP contribution in [0.15, 0.2) is 97.1 Å². The van der Waals surface area contributed by atoms with Gasteiger partial charge in [0, 0.05) is 30.1 Å². The zero-order chi connectivity index (χ0) is 39.3. The van der Waals surface area contributed by atoms with E-state index < -0.39 is 11.9 Å². The minimum Gasteiger partial charge on any atom is -0.481 e. The van der Waals surface area contributed by atoms with Crippen molar-refractivity contribution >= 4 is 43.8 Å². The van der Waals surface area contributed by atoms with E-state index in [0.717, 1.165) is 42.8 Å². The summed E-state index contributed by atoms with van der Waals surface area (Å²) in [6.07, 6.45) is 24.6. The number of carboxylic acid groups (broad SMARTS) is 2. The summed E-state index contributed by atoms with van der Waals surface area (Å²) in [5.41, 5.74) is 2.55. The molecule has 3 aromatic rings. The number of rotatable bonds is 25. The van der Waals surface area contributed by atoms with Crippen molar-refractivity contribution in [3.8, 4) is 11.1 Å². The molecule has 3 rings (SSSR count). The van der Waals surface area contributed by atoms with Crippen molar-refractivity contribution in [3.05, 3.63) is 97.1 Å². The average Bonchev–Trinajstić information content (AvgIpc) is 3.19. The molecule has 0 aliphatic carbocycles. The van der Waals surface area contributed by atoms with Crippen molar-refractivity contribution < 1.29 is 24.9 Å². The number of aliphatic carboxylic acids is 2. The van der Waals surface area contributed by atoms with Crippen molar-refractivity contribution in [2.75, 3.05) is 17.3 Å². The van der Waals surface area contributed by atoms with Gasteiger partial charge in [-0.2, -0.15) is 0 Å². The Morgan fingerprint density at radius 3 is 0.962 bits per heavy atom. The molecule has 300 valence electrons. The lowest BCUT2D eigenvalue weighted by Crippen LogP contribution is -1.93. The lowest BCUT2D eigenvalue weighted by Gasteiger charge is -1.98. The van der Waals surface area contributed by atoms with Gasteiger partial charge in [0.15, 0.2) is 0 Å². The van der Waals surface area contributed by atoms with Gasteiger partial charge in [-0.3, -0.25) is 9.59 Å². The number of unbranched alkanes of at least 4 members (excludes halogenated alkanes) is 17. The molecule has 0 saturated heterocycles. The van der Waals surface area contributed by atoms with Crippen LogP contribution in [-0.4, -0.2) is 44.5 Å². The van der Waals surface area contributed by atoms with E-state index in [4.69, 9.17) is 15.3 Å². The van der Waals surface area contributed by atoms with E-state index in [-0.39, 0.29) is 0 Å². The number of halogens is 2.